The van der Waals surface area contributed by atoms with Crippen LogP contribution in [0.5, 0.6) is 11.5 Å². The molecule has 0 fully saturated rings. The van der Waals surface area contributed by atoms with E-state index in [4.69, 9.17) is 14.7 Å². The number of benzene rings is 1. The van der Waals surface area contributed by atoms with Gasteiger partial charge in [0.05, 0.1) is 19.3 Å². The van der Waals surface area contributed by atoms with Crippen molar-refractivity contribution in [2.24, 2.45) is 0 Å². The van der Waals surface area contributed by atoms with E-state index in [0.717, 1.165) is 0 Å². The van der Waals surface area contributed by atoms with E-state index >= 15 is 0 Å². The van der Waals surface area contributed by atoms with Crippen molar-refractivity contribution in [3.63, 3.8) is 0 Å². The SMILES string of the molecule is COc1ccc(C(C)O)c(OCC(=O)NCC#N)c1. The van der Waals surface area contributed by atoms with Crippen LogP contribution in [0.4, 0.5) is 0 Å². The van der Waals surface area contributed by atoms with Crippen LogP contribution in [0, 0.1) is 11.3 Å². The fourth-order valence-electron chi connectivity index (χ4n) is 1.44. The van der Waals surface area contributed by atoms with Crippen LogP contribution in [-0.4, -0.2) is 31.3 Å². The molecule has 19 heavy (non-hydrogen) atoms. The number of nitrogens with one attached hydrogen (secondary N) is 1. The molecule has 6 heteroatoms. The quantitative estimate of drug-likeness (QED) is 0.740. The van der Waals surface area contributed by atoms with E-state index in [-0.39, 0.29) is 13.2 Å². The number of rotatable bonds is 6. The lowest BCUT2D eigenvalue weighted by Gasteiger charge is -2.14. The second-order valence-electron chi connectivity index (χ2n) is 3.80. The number of aliphatic hydroxyl groups is 1. The first-order chi connectivity index (χ1) is 9.08. The van der Waals surface area contributed by atoms with Crippen LogP contribution in [0.3, 0.4) is 0 Å². The van der Waals surface area contributed by atoms with Gasteiger partial charge in [-0.3, -0.25) is 4.79 Å². The summed E-state index contributed by atoms with van der Waals surface area (Å²) in [5.41, 5.74) is 0.564. The van der Waals surface area contributed by atoms with Crippen molar-refractivity contribution in [3.8, 4) is 17.6 Å². The summed E-state index contributed by atoms with van der Waals surface area (Å²) in [5.74, 6) is 0.541. The third-order valence-electron chi connectivity index (χ3n) is 2.39. The minimum absolute atomic E-state index is 0.0659. The maximum atomic E-state index is 11.3. The molecule has 0 aliphatic heterocycles. The minimum atomic E-state index is -0.719. The molecule has 0 aliphatic carbocycles. The lowest BCUT2D eigenvalue weighted by atomic mass is 10.1. The first-order valence-corrected chi connectivity index (χ1v) is 5.71. The molecule has 0 aliphatic rings. The van der Waals surface area contributed by atoms with Crippen LogP contribution in [0.2, 0.25) is 0 Å². The standard InChI is InChI=1S/C13H16N2O4/c1-9(16)11-4-3-10(18-2)7-12(11)19-8-13(17)15-6-5-14/h3-4,7,9,16H,6,8H2,1-2H3,(H,15,17). The van der Waals surface area contributed by atoms with Gasteiger partial charge in [-0.25, -0.2) is 0 Å². The van der Waals surface area contributed by atoms with Gasteiger partial charge in [-0.2, -0.15) is 5.26 Å². The topological polar surface area (TPSA) is 91.6 Å². The molecule has 0 saturated heterocycles. The Morgan fingerprint density at radius 3 is 2.89 bits per heavy atom. The smallest absolute Gasteiger partial charge is 0.258 e. The number of carbonyl (C=O) groups is 1. The van der Waals surface area contributed by atoms with Crippen LogP contribution in [-0.2, 0) is 4.79 Å². The highest BCUT2D eigenvalue weighted by molar-refractivity contribution is 5.77. The van der Waals surface area contributed by atoms with E-state index in [1.165, 1.54) is 7.11 Å². The molecule has 1 unspecified atom stereocenters. The highest BCUT2D eigenvalue weighted by atomic mass is 16.5. The molecule has 0 radical (unpaired) electrons. The molecule has 0 saturated carbocycles. The molecule has 6 nitrogen and oxygen atoms in total. The average molecular weight is 264 g/mol. The summed E-state index contributed by atoms with van der Waals surface area (Å²) in [7, 11) is 1.51. The number of ether oxygens (including phenoxy) is 2. The summed E-state index contributed by atoms with van der Waals surface area (Å²) in [4.78, 5) is 11.3. The van der Waals surface area contributed by atoms with Crippen LogP contribution in [0.15, 0.2) is 18.2 Å². The summed E-state index contributed by atoms with van der Waals surface area (Å²) in [5, 5.41) is 20.3. The zero-order valence-electron chi connectivity index (χ0n) is 10.8. The van der Waals surface area contributed by atoms with Gasteiger partial charge >= 0.3 is 0 Å². The normalized spacial score (nSPS) is 11.3. The number of aliphatic hydroxyl groups excluding tert-OH is 1. The maximum Gasteiger partial charge on any atom is 0.258 e. The molecule has 102 valence electrons. The van der Waals surface area contributed by atoms with Gasteiger partial charge in [0, 0.05) is 11.6 Å². The van der Waals surface area contributed by atoms with Crippen LogP contribution >= 0.6 is 0 Å². The number of hydrogen-bond acceptors (Lipinski definition) is 5. The number of nitrogens with zero attached hydrogens (tertiary/aromatic N) is 1. The summed E-state index contributed by atoms with van der Waals surface area (Å²) in [6.45, 7) is 1.31. The Labute approximate surface area is 111 Å². The van der Waals surface area contributed by atoms with E-state index in [2.05, 4.69) is 5.32 Å². The predicted octanol–water partition coefficient (Wildman–Crippen LogP) is 0.767. The van der Waals surface area contributed by atoms with Crippen molar-refractivity contribution in [2.45, 2.75) is 13.0 Å². The molecule has 1 aromatic carbocycles. The van der Waals surface area contributed by atoms with Gasteiger partial charge in [0.15, 0.2) is 6.61 Å². The van der Waals surface area contributed by atoms with Gasteiger partial charge in [-0.1, -0.05) is 0 Å². The van der Waals surface area contributed by atoms with Crippen molar-refractivity contribution in [3.05, 3.63) is 23.8 Å². The van der Waals surface area contributed by atoms with E-state index < -0.39 is 12.0 Å². The average Bonchev–Trinajstić information content (AvgIpc) is 2.42. The molecule has 1 atom stereocenters. The van der Waals surface area contributed by atoms with Crippen molar-refractivity contribution in [1.29, 1.82) is 5.26 Å². The lowest BCUT2D eigenvalue weighted by molar-refractivity contribution is -0.122. The lowest BCUT2D eigenvalue weighted by Crippen LogP contribution is -2.29. The van der Waals surface area contributed by atoms with Gasteiger partial charge in [0.1, 0.15) is 18.0 Å². The summed E-state index contributed by atoms with van der Waals surface area (Å²) in [6, 6.07) is 6.77. The number of nitriles is 1. The molecule has 0 bridgehead atoms. The van der Waals surface area contributed by atoms with Crippen LogP contribution < -0.4 is 14.8 Å². The number of hydrogen-bond donors (Lipinski definition) is 2. The third-order valence-corrected chi connectivity index (χ3v) is 2.39. The summed E-state index contributed by atoms with van der Waals surface area (Å²) >= 11 is 0. The van der Waals surface area contributed by atoms with Gasteiger partial charge in [0.2, 0.25) is 0 Å². The van der Waals surface area contributed by atoms with Crippen LogP contribution in [0.25, 0.3) is 0 Å². The van der Waals surface area contributed by atoms with Crippen LogP contribution in [0.1, 0.15) is 18.6 Å². The Morgan fingerprint density at radius 1 is 1.58 bits per heavy atom. The molecule has 0 heterocycles. The minimum Gasteiger partial charge on any atom is -0.497 e. The molecular formula is C13H16N2O4. The van der Waals surface area contributed by atoms with Gasteiger partial charge < -0.3 is 19.9 Å². The zero-order chi connectivity index (χ0) is 14.3. The second kappa shape index (κ2) is 7.24. The highest BCUT2D eigenvalue weighted by Crippen LogP contribution is 2.29. The molecule has 0 aromatic heterocycles. The van der Waals surface area contributed by atoms with E-state index in [1.807, 2.05) is 0 Å². The monoisotopic (exact) mass is 264 g/mol. The molecular weight excluding hydrogens is 248 g/mol. The van der Waals surface area contributed by atoms with E-state index in [0.29, 0.717) is 17.1 Å². The Balaban J connectivity index is 2.75. The highest BCUT2D eigenvalue weighted by Gasteiger charge is 2.12. The Bertz CT molecular complexity index is 480. The van der Waals surface area contributed by atoms with Gasteiger partial charge in [-0.05, 0) is 19.1 Å². The van der Waals surface area contributed by atoms with Gasteiger partial charge in [0.25, 0.3) is 5.91 Å². The molecule has 1 amide bonds. The van der Waals surface area contributed by atoms with Crippen molar-refractivity contribution >= 4 is 5.91 Å². The fourth-order valence-corrected chi connectivity index (χ4v) is 1.44. The number of amides is 1. The Morgan fingerprint density at radius 2 is 2.32 bits per heavy atom. The van der Waals surface area contributed by atoms with Gasteiger partial charge in [-0.15, -0.1) is 0 Å². The van der Waals surface area contributed by atoms with Crippen molar-refractivity contribution < 1.29 is 19.4 Å². The maximum absolute atomic E-state index is 11.3. The fraction of sp³-hybridized carbons (Fsp3) is 0.385. The molecule has 2 N–H and O–H groups in total. The molecule has 0 spiro atoms. The first-order valence-electron chi connectivity index (χ1n) is 5.71. The molecule has 1 aromatic rings. The number of methoxy groups -OCH3 is 1. The Hall–Kier alpha value is -2.26. The van der Waals surface area contributed by atoms with E-state index in [9.17, 15) is 9.90 Å². The number of carbonyl (C=O) groups excluding carboxylic acids is 1. The van der Waals surface area contributed by atoms with E-state index in [1.54, 1.807) is 31.2 Å². The second-order valence-corrected chi connectivity index (χ2v) is 3.80. The third kappa shape index (κ3) is 4.48. The summed E-state index contributed by atoms with van der Waals surface area (Å²) < 4.78 is 10.4. The largest absolute Gasteiger partial charge is 0.497 e. The van der Waals surface area contributed by atoms with Crippen molar-refractivity contribution in [2.75, 3.05) is 20.3 Å². The predicted molar refractivity (Wildman–Crippen MR) is 67.7 cm³/mol. The first kappa shape index (κ1) is 14.8. The van der Waals surface area contributed by atoms with Crippen molar-refractivity contribution in [1.82, 2.24) is 5.32 Å². The summed E-state index contributed by atoms with van der Waals surface area (Å²) in [6.07, 6.45) is -0.719. The molecule has 1 rings (SSSR count). The Kier molecular flexibility index (Phi) is 5.64. The zero-order valence-corrected chi connectivity index (χ0v) is 10.8.